The van der Waals surface area contributed by atoms with Crippen LogP contribution in [0.25, 0.3) is 0 Å². The van der Waals surface area contributed by atoms with Gasteiger partial charge >= 0.3 is 5.97 Å². The Hall–Kier alpha value is -0.990. The smallest absolute Gasteiger partial charge is 0.309 e. The van der Waals surface area contributed by atoms with Crippen LogP contribution in [0.5, 0.6) is 0 Å². The number of esters is 1. The molecule has 5 rings (SSSR count). The number of rotatable bonds is 4. The Balaban J connectivity index is 1.66. The second-order valence-electron chi connectivity index (χ2n) is 17.1. The van der Waals surface area contributed by atoms with Crippen molar-refractivity contribution in [1.82, 2.24) is 0 Å². The molecule has 5 aliphatic carbocycles. The Labute approximate surface area is 253 Å². The number of aliphatic hydroxyl groups excluding tert-OH is 5. The molecule has 0 radical (unpaired) electrons. The average Bonchev–Trinajstić information content (AvgIpc) is 2.92. The first kappa shape index (κ1) is 32.4. The van der Waals surface area contributed by atoms with Gasteiger partial charge in [-0.25, -0.2) is 0 Å². The zero-order chi connectivity index (χ0) is 31.4. The van der Waals surface area contributed by atoms with E-state index in [0.29, 0.717) is 18.8 Å². The Morgan fingerprint density at radius 3 is 2.19 bits per heavy atom. The molecule has 13 atom stereocenters. The third-order valence-electron chi connectivity index (χ3n) is 14.7. The fourth-order valence-corrected chi connectivity index (χ4v) is 11.5. The Bertz CT molecular complexity index is 1110. The van der Waals surface area contributed by atoms with E-state index in [1.807, 2.05) is 20.8 Å². The van der Waals surface area contributed by atoms with Crippen LogP contribution in [0.1, 0.15) is 107 Å². The van der Waals surface area contributed by atoms with Crippen molar-refractivity contribution in [3.8, 4) is 0 Å². The first-order valence-corrected chi connectivity index (χ1v) is 16.6. The van der Waals surface area contributed by atoms with Gasteiger partial charge in [0.25, 0.3) is 0 Å². The Morgan fingerprint density at radius 2 is 1.60 bits per heavy atom. The number of aliphatic hydroxyl groups is 5. The van der Waals surface area contributed by atoms with Crippen molar-refractivity contribution in [3.05, 3.63) is 11.6 Å². The standard InChI is InChI=1S/C35H58O7/c1-10-19(2)29(41)42-28-27(40)30(3,4)17-21-20-11-12-23-32(7)15-14-24(37)31(5,6)22(32)13-16-33(23,8)34(20,9)25(38)26(39)35(21,28)18-36/h11,19,21-28,36-40H,10,12-18H2,1-9H3/t19-,21+,22+,23-,24+,25+,26-,27+,28+,32+,33-,34+,35+/m1/s1. The lowest BCUT2D eigenvalue weighted by Crippen LogP contribution is -2.76. The third-order valence-corrected chi connectivity index (χ3v) is 14.7. The predicted molar refractivity (Wildman–Crippen MR) is 161 cm³/mol. The number of allylic oxidation sites excluding steroid dienone is 1. The van der Waals surface area contributed by atoms with Crippen LogP contribution >= 0.6 is 0 Å². The van der Waals surface area contributed by atoms with Gasteiger partial charge in [-0.1, -0.05) is 74.0 Å². The van der Waals surface area contributed by atoms with Crippen LogP contribution in [0.3, 0.4) is 0 Å². The molecule has 0 spiro atoms. The highest BCUT2D eigenvalue weighted by Crippen LogP contribution is 2.75. The van der Waals surface area contributed by atoms with Crippen LogP contribution in [0.4, 0.5) is 0 Å². The van der Waals surface area contributed by atoms with Crippen molar-refractivity contribution in [1.29, 1.82) is 0 Å². The summed E-state index contributed by atoms with van der Waals surface area (Å²) in [6.07, 6.45) is 2.44. The summed E-state index contributed by atoms with van der Waals surface area (Å²) in [7, 11) is 0. The van der Waals surface area contributed by atoms with Crippen molar-refractivity contribution in [2.45, 2.75) is 138 Å². The van der Waals surface area contributed by atoms with E-state index in [0.717, 1.165) is 37.7 Å². The van der Waals surface area contributed by atoms with Gasteiger partial charge in [0, 0.05) is 5.41 Å². The van der Waals surface area contributed by atoms with E-state index in [1.54, 1.807) is 6.92 Å². The molecule has 42 heavy (non-hydrogen) atoms. The van der Waals surface area contributed by atoms with Crippen molar-refractivity contribution in [2.75, 3.05) is 6.61 Å². The van der Waals surface area contributed by atoms with Crippen LogP contribution in [-0.4, -0.2) is 68.6 Å². The Morgan fingerprint density at radius 1 is 0.952 bits per heavy atom. The molecule has 0 amide bonds. The zero-order valence-electron chi connectivity index (χ0n) is 27.5. The topological polar surface area (TPSA) is 127 Å². The highest BCUT2D eigenvalue weighted by Gasteiger charge is 2.75. The molecule has 0 saturated heterocycles. The Kier molecular flexibility index (Phi) is 7.72. The van der Waals surface area contributed by atoms with Gasteiger partial charge in [0.2, 0.25) is 0 Å². The maximum Gasteiger partial charge on any atom is 0.309 e. The molecular formula is C35H58O7. The first-order chi connectivity index (χ1) is 19.3. The van der Waals surface area contributed by atoms with Crippen molar-refractivity contribution in [3.63, 3.8) is 0 Å². The van der Waals surface area contributed by atoms with Gasteiger partial charge in [-0.15, -0.1) is 0 Å². The largest absolute Gasteiger partial charge is 0.459 e. The van der Waals surface area contributed by atoms with Crippen LogP contribution < -0.4 is 0 Å². The molecule has 0 bridgehead atoms. The fraction of sp³-hybridized carbons (Fsp3) is 0.914. The lowest BCUT2D eigenvalue weighted by atomic mass is 9.32. The van der Waals surface area contributed by atoms with Crippen molar-refractivity contribution >= 4 is 5.97 Å². The van der Waals surface area contributed by atoms with Crippen LogP contribution in [0, 0.1) is 56.2 Å². The molecule has 0 heterocycles. The van der Waals surface area contributed by atoms with Gasteiger partial charge in [-0.05, 0) is 84.4 Å². The maximum absolute atomic E-state index is 13.2. The summed E-state index contributed by atoms with van der Waals surface area (Å²) in [5, 5.41) is 58.4. The summed E-state index contributed by atoms with van der Waals surface area (Å²) in [4.78, 5) is 13.2. The normalized spacial score (nSPS) is 51.6. The molecular weight excluding hydrogens is 532 g/mol. The lowest BCUT2D eigenvalue weighted by Gasteiger charge is -2.73. The molecule has 5 aliphatic rings. The minimum absolute atomic E-state index is 0.0344. The molecule has 7 heteroatoms. The van der Waals surface area contributed by atoms with Crippen molar-refractivity contribution < 1.29 is 35.1 Å². The highest BCUT2D eigenvalue weighted by atomic mass is 16.6. The summed E-state index contributed by atoms with van der Waals surface area (Å²) < 4.78 is 6.07. The summed E-state index contributed by atoms with van der Waals surface area (Å²) in [5.74, 6) is -0.643. The molecule has 240 valence electrons. The van der Waals surface area contributed by atoms with Gasteiger partial charge in [0.15, 0.2) is 0 Å². The first-order valence-electron chi connectivity index (χ1n) is 16.6. The molecule has 5 N–H and O–H groups in total. The molecule has 0 aliphatic heterocycles. The molecule has 4 saturated carbocycles. The second kappa shape index (κ2) is 10.0. The van der Waals surface area contributed by atoms with Gasteiger partial charge < -0.3 is 30.3 Å². The van der Waals surface area contributed by atoms with E-state index < -0.39 is 59.2 Å². The van der Waals surface area contributed by atoms with E-state index in [-0.39, 0.29) is 34.2 Å². The average molecular weight is 591 g/mol. The lowest BCUT2D eigenvalue weighted by molar-refractivity contribution is -0.291. The van der Waals surface area contributed by atoms with Gasteiger partial charge in [0.1, 0.15) is 6.10 Å². The highest BCUT2D eigenvalue weighted by molar-refractivity contribution is 5.72. The van der Waals surface area contributed by atoms with Gasteiger partial charge in [-0.3, -0.25) is 4.79 Å². The molecule has 0 aromatic rings. The summed E-state index contributed by atoms with van der Waals surface area (Å²) >= 11 is 0. The van der Waals surface area contributed by atoms with Crippen molar-refractivity contribution in [2.24, 2.45) is 56.2 Å². The monoisotopic (exact) mass is 590 g/mol. The summed E-state index contributed by atoms with van der Waals surface area (Å²) in [5.41, 5.74) is -2.40. The van der Waals surface area contributed by atoms with E-state index in [1.165, 1.54) is 0 Å². The molecule has 4 fully saturated rings. The quantitative estimate of drug-likeness (QED) is 0.239. The van der Waals surface area contributed by atoms with Gasteiger partial charge in [-0.2, -0.15) is 0 Å². The number of fused-ring (bicyclic) bond motifs is 7. The minimum atomic E-state index is -1.43. The number of carbonyl (C=O) groups excluding carboxylic acids is 1. The minimum Gasteiger partial charge on any atom is -0.459 e. The molecule has 0 unspecified atom stereocenters. The predicted octanol–water partition coefficient (Wildman–Crippen LogP) is 4.62. The molecule has 7 nitrogen and oxygen atoms in total. The summed E-state index contributed by atoms with van der Waals surface area (Å²) in [6.45, 7) is 18.3. The maximum atomic E-state index is 13.2. The number of ether oxygens (including phenoxy) is 1. The molecule has 0 aromatic carbocycles. The van der Waals surface area contributed by atoms with E-state index >= 15 is 0 Å². The van der Waals surface area contributed by atoms with Crippen LogP contribution in [0.15, 0.2) is 11.6 Å². The van der Waals surface area contributed by atoms with E-state index in [2.05, 4.69) is 40.7 Å². The number of hydrogen-bond acceptors (Lipinski definition) is 7. The van der Waals surface area contributed by atoms with Gasteiger partial charge in [0.05, 0.1) is 42.4 Å². The molecule has 0 aromatic heterocycles. The van der Waals surface area contributed by atoms with Crippen LogP contribution in [0.2, 0.25) is 0 Å². The summed E-state index contributed by atoms with van der Waals surface area (Å²) in [6, 6.07) is 0. The second-order valence-corrected chi connectivity index (χ2v) is 17.1. The van der Waals surface area contributed by atoms with Crippen LogP contribution in [-0.2, 0) is 9.53 Å². The SMILES string of the molecule is CC[C@@H](C)C(=O)O[C@H]1[C@H](O)C(C)(C)C[C@H]2C3=CC[C@@H]4[C@@]5(C)CC[C@H](O)C(C)(C)[C@@H]5CC[C@@]4(C)[C@]3(C)[C@@H](O)[C@@H](O)[C@]21CO. The third kappa shape index (κ3) is 3.85. The fourth-order valence-electron chi connectivity index (χ4n) is 11.5. The van der Waals surface area contributed by atoms with E-state index in [9.17, 15) is 30.3 Å². The zero-order valence-corrected chi connectivity index (χ0v) is 27.5. The van der Waals surface area contributed by atoms with E-state index in [4.69, 9.17) is 4.74 Å². The number of carbonyl (C=O) groups is 1. The number of hydrogen-bond donors (Lipinski definition) is 5.